The van der Waals surface area contributed by atoms with Crippen LogP contribution in [0.3, 0.4) is 0 Å². The molecule has 6 nitrogen and oxygen atoms in total. The van der Waals surface area contributed by atoms with Gasteiger partial charge in [0.25, 0.3) is 0 Å². The van der Waals surface area contributed by atoms with Crippen molar-refractivity contribution in [3.63, 3.8) is 0 Å². The van der Waals surface area contributed by atoms with E-state index in [9.17, 15) is 14.0 Å². The van der Waals surface area contributed by atoms with Gasteiger partial charge in [0.1, 0.15) is 17.9 Å². The van der Waals surface area contributed by atoms with Gasteiger partial charge in [0.05, 0.1) is 13.2 Å². The van der Waals surface area contributed by atoms with Gasteiger partial charge in [-0.1, -0.05) is 12.1 Å². The van der Waals surface area contributed by atoms with E-state index >= 15 is 0 Å². The minimum atomic E-state index is -1.08. The first-order valence-corrected chi connectivity index (χ1v) is 7.48. The van der Waals surface area contributed by atoms with Crippen LogP contribution in [0, 0.1) is 5.82 Å². The monoisotopic (exact) mass is 324 g/mol. The van der Waals surface area contributed by atoms with Gasteiger partial charge in [0.15, 0.2) is 0 Å². The maximum Gasteiger partial charge on any atom is 0.326 e. The van der Waals surface area contributed by atoms with Gasteiger partial charge in [0.2, 0.25) is 5.91 Å². The van der Waals surface area contributed by atoms with Crippen molar-refractivity contribution >= 4 is 11.9 Å². The molecule has 7 heteroatoms. The van der Waals surface area contributed by atoms with Crippen LogP contribution in [0.4, 0.5) is 4.39 Å². The van der Waals surface area contributed by atoms with Crippen molar-refractivity contribution in [2.45, 2.75) is 19.0 Å². The maximum absolute atomic E-state index is 13.6. The second-order valence-electron chi connectivity index (χ2n) is 5.57. The van der Waals surface area contributed by atoms with Gasteiger partial charge < -0.3 is 14.7 Å². The lowest BCUT2D eigenvalue weighted by Crippen LogP contribution is -2.49. The summed E-state index contributed by atoms with van der Waals surface area (Å²) in [7, 11) is 1.45. The normalized spacial score (nSPS) is 18.2. The summed E-state index contributed by atoms with van der Waals surface area (Å²) in [6, 6.07) is 4.18. The molecule has 1 heterocycles. The van der Waals surface area contributed by atoms with Crippen LogP contribution in [0.25, 0.3) is 0 Å². The summed E-state index contributed by atoms with van der Waals surface area (Å²) >= 11 is 0. The fourth-order valence-corrected chi connectivity index (χ4v) is 2.57. The molecule has 1 aromatic carbocycles. The minimum absolute atomic E-state index is 0.368. The number of aliphatic carboxylic acids is 1. The molecule has 0 aromatic heterocycles. The molecule has 0 bridgehead atoms. The number of benzene rings is 1. The van der Waals surface area contributed by atoms with Crippen LogP contribution in [0.15, 0.2) is 24.3 Å². The molecule has 1 amide bonds. The number of hydrogen-bond acceptors (Lipinski definition) is 4. The van der Waals surface area contributed by atoms with Gasteiger partial charge in [-0.05, 0) is 24.6 Å². The Morgan fingerprint density at radius 3 is 2.57 bits per heavy atom. The lowest BCUT2D eigenvalue weighted by Gasteiger charge is -2.36. The smallest absolute Gasteiger partial charge is 0.326 e. The van der Waals surface area contributed by atoms with E-state index in [2.05, 4.69) is 0 Å². The largest absolute Gasteiger partial charge is 0.480 e. The van der Waals surface area contributed by atoms with Crippen molar-refractivity contribution < 1.29 is 23.8 Å². The second-order valence-corrected chi connectivity index (χ2v) is 5.57. The van der Waals surface area contributed by atoms with E-state index in [1.807, 2.05) is 4.90 Å². The number of carboxylic acid groups (broad SMARTS) is 1. The average Bonchev–Trinajstić information content (AvgIpc) is 2.54. The van der Waals surface area contributed by atoms with Crippen molar-refractivity contribution in [2.75, 3.05) is 33.4 Å². The third kappa shape index (κ3) is 4.05. The Hall–Kier alpha value is -1.99. The highest BCUT2D eigenvalue weighted by atomic mass is 19.1. The molecule has 126 valence electrons. The summed E-state index contributed by atoms with van der Waals surface area (Å²) in [4.78, 5) is 27.1. The summed E-state index contributed by atoms with van der Waals surface area (Å²) < 4.78 is 18.9. The van der Waals surface area contributed by atoms with Crippen LogP contribution < -0.4 is 0 Å². The number of halogens is 1. The quantitative estimate of drug-likeness (QED) is 0.879. The third-order valence-corrected chi connectivity index (χ3v) is 4.10. The molecule has 1 N–H and O–H groups in total. The average molecular weight is 324 g/mol. The number of likely N-dealkylation sites (N-methyl/N-ethyl adjacent to an activating group) is 1. The Bertz CT molecular complexity index is 575. The Labute approximate surface area is 134 Å². The predicted octanol–water partition coefficient (Wildman–Crippen LogP) is 1.13. The number of hydrogen-bond donors (Lipinski definition) is 1. The first-order valence-electron chi connectivity index (χ1n) is 7.48. The van der Waals surface area contributed by atoms with Crippen LogP contribution >= 0.6 is 0 Å². The van der Waals surface area contributed by atoms with E-state index in [4.69, 9.17) is 9.84 Å². The van der Waals surface area contributed by atoms with Gasteiger partial charge in [-0.2, -0.15) is 0 Å². The molecule has 1 aliphatic heterocycles. The van der Waals surface area contributed by atoms with Gasteiger partial charge in [0, 0.05) is 20.1 Å². The first-order chi connectivity index (χ1) is 10.9. The molecule has 0 radical (unpaired) electrons. The Morgan fingerprint density at radius 1 is 1.35 bits per heavy atom. The number of carboxylic acids is 1. The van der Waals surface area contributed by atoms with Gasteiger partial charge in [-0.3, -0.25) is 9.69 Å². The van der Waals surface area contributed by atoms with Crippen LogP contribution in [0.2, 0.25) is 0 Å². The Balaban J connectivity index is 2.32. The number of morpholine rings is 1. The highest BCUT2D eigenvalue weighted by molar-refractivity contribution is 5.87. The summed E-state index contributed by atoms with van der Waals surface area (Å²) in [5.74, 6) is -1.88. The van der Waals surface area contributed by atoms with Crippen molar-refractivity contribution in [1.82, 2.24) is 9.80 Å². The third-order valence-electron chi connectivity index (χ3n) is 4.10. The van der Waals surface area contributed by atoms with E-state index in [1.54, 1.807) is 12.1 Å². The number of amides is 1. The van der Waals surface area contributed by atoms with E-state index in [-0.39, 0.29) is 5.91 Å². The zero-order chi connectivity index (χ0) is 17.0. The van der Waals surface area contributed by atoms with Gasteiger partial charge >= 0.3 is 5.97 Å². The molecule has 23 heavy (non-hydrogen) atoms. The van der Waals surface area contributed by atoms with Crippen molar-refractivity contribution in [3.05, 3.63) is 35.6 Å². The number of ether oxygens (including phenoxy) is 1. The topological polar surface area (TPSA) is 70.1 Å². The lowest BCUT2D eigenvalue weighted by molar-refractivity contribution is -0.151. The van der Waals surface area contributed by atoms with Crippen molar-refractivity contribution in [2.24, 2.45) is 0 Å². The molecule has 1 aromatic rings. The number of nitrogens with zero attached hydrogens (tertiary/aromatic N) is 2. The van der Waals surface area contributed by atoms with E-state index in [0.717, 1.165) is 0 Å². The second kappa shape index (κ2) is 7.52. The van der Waals surface area contributed by atoms with E-state index in [0.29, 0.717) is 31.9 Å². The predicted molar refractivity (Wildman–Crippen MR) is 81.4 cm³/mol. The van der Waals surface area contributed by atoms with Gasteiger partial charge in [-0.15, -0.1) is 0 Å². The zero-order valence-corrected chi connectivity index (χ0v) is 13.2. The molecular weight excluding hydrogens is 303 g/mol. The molecule has 2 atom stereocenters. The van der Waals surface area contributed by atoms with Gasteiger partial charge in [-0.25, -0.2) is 9.18 Å². The highest BCUT2D eigenvalue weighted by Gasteiger charge is 2.34. The number of rotatable bonds is 5. The fraction of sp³-hybridized carbons (Fsp3) is 0.500. The molecular formula is C16H21FN2O4. The molecule has 0 saturated carbocycles. The van der Waals surface area contributed by atoms with Crippen LogP contribution in [0.1, 0.15) is 18.5 Å². The molecule has 1 aliphatic rings. The van der Waals surface area contributed by atoms with Crippen LogP contribution in [0.5, 0.6) is 0 Å². The summed E-state index contributed by atoms with van der Waals surface area (Å²) in [5, 5.41) is 9.12. The standard InChI is InChI=1S/C16H21FN2O4/c1-11(16(21)22)18(2)15(20)14(19-6-8-23-9-7-19)12-4-3-5-13(17)10-12/h3-5,10-11,14H,6-9H2,1-2H3,(H,21,22)/t11-,14-/m0/s1. The Morgan fingerprint density at radius 2 is 2.00 bits per heavy atom. The number of carbonyl (C=O) groups excluding carboxylic acids is 1. The van der Waals surface area contributed by atoms with Crippen LogP contribution in [-0.2, 0) is 14.3 Å². The molecule has 0 aliphatic carbocycles. The summed E-state index contributed by atoms with van der Waals surface area (Å²) in [6.07, 6.45) is 0. The zero-order valence-electron chi connectivity index (χ0n) is 13.2. The summed E-state index contributed by atoms with van der Waals surface area (Å²) in [5.41, 5.74) is 0.515. The molecule has 1 fully saturated rings. The Kier molecular flexibility index (Phi) is 5.68. The minimum Gasteiger partial charge on any atom is -0.480 e. The van der Waals surface area contributed by atoms with E-state index < -0.39 is 23.9 Å². The van der Waals surface area contributed by atoms with E-state index in [1.165, 1.54) is 31.0 Å². The SMILES string of the molecule is C[C@@H](C(=O)O)N(C)C(=O)[C@H](c1cccc(F)c1)N1CCOCC1. The molecule has 2 rings (SSSR count). The summed E-state index contributed by atoms with van der Waals surface area (Å²) in [6.45, 7) is 3.47. The molecule has 1 saturated heterocycles. The van der Waals surface area contributed by atoms with Crippen molar-refractivity contribution in [1.29, 1.82) is 0 Å². The lowest BCUT2D eigenvalue weighted by atomic mass is 10.0. The molecule has 0 unspecified atom stereocenters. The van der Waals surface area contributed by atoms with Crippen molar-refractivity contribution in [3.8, 4) is 0 Å². The highest BCUT2D eigenvalue weighted by Crippen LogP contribution is 2.25. The fourth-order valence-electron chi connectivity index (χ4n) is 2.57. The first kappa shape index (κ1) is 17.4. The molecule has 0 spiro atoms. The van der Waals surface area contributed by atoms with Crippen LogP contribution in [-0.4, -0.2) is 66.2 Å². The maximum atomic E-state index is 13.6. The number of carbonyl (C=O) groups is 2.